The number of imidazole rings is 1. The van der Waals surface area contributed by atoms with E-state index in [1.807, 2.05) is 0 Å². The van der Waals surface area contributed by atoms with Crippen molar-refractivity contribution in [1.82, 2.24) is 14.3 Å². The van der Waals surface area contributed by atoms with Crippen molar-refractivity contribution in [2.75, 3.05) is 13.7 Å². The van der Waals surface area contributed by atoms with Crippen LogP contribution in [0.4, 0.5) is 0 Å². The normalized spacial score (nSPS) is 14.0. The van der Waals surface area contributed by atoms with Crippen molar-refractivity contribution in [2.24, 2.45) is 7.05 Å². The lowest BCUT2D eigenvalue weighted by molar-refractivity contribution is 0.122. The summed E-state index contributed by atoms with van der Waals surface area (Å²) in [7, 11) is -0.545. The number of hydrogen-bond donors (Lipinski definition) is 1. The maximum absolute atomic E-state index is 11.8. The van der Waals surface area contributed by atoms with Crippen molar-refractivity contribution in [2.45, 2.75) is 18.1 Å². The van der Waals surface area contributed by atoms with Crippen LogP contribution in [-0.4, -0.2) is 37.7 Å². The van der Waals surface area contributed by atoms with Gasteiger partial charge in [0.1, 0.15) is 5.15 Å². The molecule has 0 aliphatic rings. The molecule has 0 radical (unpaired) electrons. The number of nitrogens with one attached hydrogen (secondary N) is 1. The zero-order chi connectivity index (χ0) is 12.3. The molecule has 1 atom stereocenters. The Kier molecular flexibility index (Phi) is 4.31. The van der Waals surface area contributed by atoms with Gasteiger partial charge in [-0.25, -0.2) is 18.1 Å². The molecule has 0 spiro atoms. The average molecular weight is 268 g/mol. The minimum atomic E-state index is -3.67. The molecule has 1 unspecified atom stereocenters. The van der Waals surface area contributed by atoms with Crippen LogP contribution in [0.25, 0.3) is 0 Å². The fourth-order valence-corrected chi connectivity index (χ4v) is 2.49. The lowest BCUT2D eigenvalue weighted by Crippen LogP contribution is -2.32. The number of rotatable bonds is 5. The third-order valence-electron chi connectivity index (χ3n) is 2.05. The summed E-state index contributed by atoms with van der Waals surface area (Å²) >= 11 is 5.79. The first-order chi connectivity index (χ1) is 7.38. The van der Waals surface area contributed by atoms with Gasteiger partial charge in [0.15, 0.2) is 0 Å². The smallest absolute Gasteiger partial charge is 0.261 e. The highest BCUT2D eigenvalue weighted by atomic mass is 35.5. The van der Waals surface area contributed by atoms with Crippen LogP contribution in [-0.2, 0) is 21.8 Å². The van der Waals surface area contributed by atoms with E-state index in [2.05, 4.69) is 9.71 Å². The fraction of sp³-hybridized carbons (Fsp3) is 0.625. The number of aryl methyl sites for hydroxylation is 1. The van der Waals surface area contributed by atoms with Gasteiger partial charge in [-0.05, 0) is 6.92 Å². The van der Waals surface area contributed by atoms with Crippen molar-refractivity contribution < 1.29 is 13.2 Å². The maximum Gasteiger partial charge on any atom is 0.261 e. The second-order valence-electron chi connectivity index (χ2n) is 3.35. The van der Waals surface area contributed by atoms with Crippen LogP contribution in [0.1, 0.15) is 6.92 Å². The van der Waals surface area contributed by atoms with Crippen LogP contribution < -0.4 is 4.72 Å². The minimum absolute atomic E-state index is 0.0811. The van der Waals surface area contributed by atoms with Crippen LogP contribution >= 0.6 is 11.6 Å². The van der Waals surface area contributed by atoms with Gasteiger partial charge in [0.2, 0.25) is 5.03 Å². The van der Waals surface area contributed by atoms with Gasteiger partial charge in [-0.2, -0.15) is 0 Å². The highest BCUT2D eigenvalue weighted by Crippen LogP contribution is 2.17. The Labute approximate surface area is 99.6 Å². The molecule has 92 valence electrons. The number of methoxy groups -OCH3 is 1. The molecule has 1 rings (SSSR count). The van der Waals surface area contributed by atoms with E-state index >= 15 is 0 Å². The van der Waals surface area contributed by atoms with Crippen LogP contribution in [0.2, 0.25) is 5.15 Å². The molecule has 0 fully saturated rings. The Bertz CT molecular complexity index is 457. The topological polar surface area (TPSA) is 73.2 Å². The first kappa shape index (κ1) is 13.4. The van der Waals surface area contributed by atoms with E-state index in [9.17, 15) is 8.42 Å². The SMILES string of the molecule is COC(C)CNS(=O)(=O)c1ncn(C)c1Cl. The molecule has 0 amide bonds. The Morgan fingerprint density at radius 2 is 2.31 bits per heavy atom. The van der Waals surface area contributed by atoms with Gasteiger partial charge in [-0.1, -0.05) is 11.6 Å². The van der Waals surface area contributed by atoms with Gasteiger partial charge < -0.3 is 9.30 Å². The molecular formula is C8H14ClN3O3S. The molecule has 1 aromatic heterocycles. The van der Waals surface area contributed by atoms with Crippen LogP contribution in [0, 0.1) is 0 Å². The standard InChI is InChI=1S/C8H14ClN3O3S/c1-6(15-3)4-11-16(13,14)8-7(9)12(2)5-10-8/h5-6,11H,4H2,1-3H3. The average Bonchev–Trinajstić information content (AvgIpc) is 2.57. The first-order valence-corrected chi connectivity index (χ1v) is 6.44. The minimum Gasteiger partial charge on any atom is -0.380 e. The van der Waals surface area contributed by atoms with Crippen molar-refractivity contribution in [3.8, 4) is 0 Å². The monoisotopic (exact) mass is 267 g/mol. The predicted octanol–water partition coefficient (Wildman–Crippen LogP) is 0.387. The molecule has 0 aliphatic carbocycles. The summed E-state index contributed by atoms with van der Waals surface area (Å²) in [6, 6.07) is 0. The zero-order valence-corrected chi connectivity index (χ0v) is 10.8. The number of halogens is 1. The molecule has 0 bridgehead atoms. The summed E-state index contributed by atoms with van der Waals surface area (Å²) in [6.45, 7) is 1.92. The Balaban J connectivity index is 2.83. The highest BCUT2D eigenvalue weighted by molar-refractivity contribution is 7.89. The quantitative estimate of drug-likeness (QED) is 0.837. The molecule has 0 aromatic carbocycles. The summed E-state index contributed by atoms with van der Waals surface area (Å²) in [5, 5.41) is -0.0856. The highest BCUT2D eigenvalue weighted by Gasteiger charge is 2.22. The lowest BCUT2D eigenvalue weighted by atomic mass is 10.4. The van der Waals surface area contributed by atoms with Crippen LogP contribution in [0.3, 0.4) is 0 Å². The van der Waals surface area contributed by atoms with Gasteiger partial charge in [0.05, 0.1) is 12.4 Å². The molecule has 1 N–H and O–H groups in total. The molecule has 0 saturated heterocycles. The van der Waals surface area contributed by atoms with Gasteiger partial charge in [-0.3, -0.25) is 0 Å². The Morgan fingerprint density at radius 1 is 1.69 bits per heavy atom. The van der Waals surface area contributed by atoms with E-state index < -0.39 is 10.0 Å². The Morgan fingerprint density at radius 3 is 2.75 bits per heavy atom. The van der Waals surface area contributed by atoms with Crippen LogP contribution in [0.5, 0.6) is 0 Å². The fourth-order valence-electron chi connectivity index (χ4n) is 0.953. The number of sulfonamides is 1. The van der Waals surface area contributed by atoms with E-state index in [1.54, 1.807) is 14.0 Å². The number of ether oxygens (including phenoxy) is 1. The second-order valence-corrected chi connectivity index (χ2v) is 5.39. The van der Waals surface area contributed by atoms with Gasteiger partial charge in [-0.15, -0.1) is 0 Å². The van der Waals surface area contributed by atoms with Crippen molar-refractivity contribution in [1.29, 1.82) is 0 Å². The third kappa shape index (κ3) is 2.94. The molecule has 6 nitrogen and oxygen atoms in total. The van der Waals surface area contributed by atoms with Crippen LogP contribution in [0.15, 0.2) is 11.4 Å². The summed E-state index contributed by atoms with van der Waals surface area (Å²) in [5.74, 6) is 0. The summed E-state index contributed by atoms with van der Waals surface area (Å²) < 4.78 is 32.2. The van der Waals surface area contributed by atoms with Crippen molar-refractivity contribution in [3.05, 3.63) is 11.5 Å². The van der Waals surface area contributed by atoms with Crippen molar-refractivity contribution >= 4 is 21.6 Å². The summed E-state index contributed by atoms with van der Waals surface area (Å²) in [5.41, 5.74) is 0. The summed E-state index contributed by atoms with van der Waals surface area (Å²) in [6.07, 6.45) is 1.13. The largest absolute Gasteiger partial charge is 0.380 e. The second kappa shape index (κ2) is 5.13. The van der Waals surface area contributed by atoms with Gasteiger partial charge in [0.25, 0.3) is 10.0 Å². The van der Waals surface area contributed by atoms with E-state index in [1.165, 1.54) is 18.0 Å². The third-order valence-corrected chi connectivity index (χ3v) is 3.96. The maximum atomic E-state index is 11.8. The number of nitrogens with zero attached hydrogens (tertiary/aromatic N) is 2. The lowest BCUT2D eigenvalue weighted by Gasteiger charge is -2.10. The molecular weight excluding hydrogens is 254 g/mol. The van der Waals surface area contributed by atoms with Gasteiger partial charge in [0, 0.05) is 20.7 Å². The molecule has 16 heavy (non-hydrogen) atoms. The molecule has 1 heterocycles. The Hall–Kier alpha value is -0.630. The van der Waals surface area contributed by atoms with E-state index in [0.29, 0.717) is 0 Å². The molecule has 0 aliphatic heterocycles. The molecule has 8 heteroatoms. The molecule has 1 aromatic rings. The summed E-state index contributed by atoms with van der Waals surface area (Å²) in [4.78, 5) is 3.73. The zero-order valence-electron chi connectivity index (χ0n) is 9.27. The van der Waals surface area contributed by atoms with Gasteiger partial charge >= 0.3 is 0 Å². The van der Waals surface area contributed by atoms with E-state index in [-0.39, 0.29) is 22.8 Å². The number of aromatic nitrogens is 2. The molecule has 0 saturated carbocycles. The number of hydrogen-bond acceptors (Lipinski definition) is 4. The van der Waals surface area contributed by atoms with E-state index in [0.717, 1.165) is 0 Å². The first-order valence-electron chi connectivity index (χ1n) is 4.57. The van der Waals surface area contributed by atoms with E-state index in [4.69, 9.17) is 16.3 Å². The van der Waals surface area contributed by atoms with Crippen molar-refractivity contribution in [3.63, 3.8) is 0 Å². The predicted molar refractivity (Wildman–Crippen MR) is 59.9 cm³/mol.